The molecular weight excluding hydrogens is 323 g/mol. The molecule has 1 heterocycles. The summed E-state index contributed by atoms with van der Waals surface area (Å²) in [5.41, 5.74) is -0.109. The van der Waals surface area contributed by atoms with Crippen molar-refractivity contribution in [3.8, 4) is 0 Å². The molecule has 1 aliphatic heterocycles. The Balaban J connectivity index is 1.83. The number of alkyl halides is 2. The summed E-state index contributed by atoms with van der Waals surface area (Å²) < 4.78 is 41.5. The van der Waals surface area contributed by atoms with Crippen molar-refractivity contribution in [3.63, 3.8) is 0 Å². The lowest BCUT2D eigenvalue weighted by Gasteiger charge is -2.26. The zero-order valence-corrected chi connectivity index (χ0v) is 12.2. The first-order valence-electron chi connectivity index (χ1n) is 7.08. The van der Waals surface area contributed by atoms with Crippen molar-refractivity contribution in [2.45, 2.75) is 12.0 Å². The fourth-order valence-electron chi connectivity index (χ4n) is 2.57. The van der Waals surface area contributed by atoms with Gasteiger partial charge in [0.05, 0.1) is 17.7 Å². The fraction of sp³-hybridized carbons (Fsp3) is 0.176. The van der Waals surface area contributed by atoms with Crippen molar-refractivity contribution >= 4 is 11.8 Å². The first-order valence-corrected chi connectivity index (χ1v) is 7.08. The van der Waals surface area contributed by atoms with Gasteiger partial charge in [-0.25, -0.2) is 13.2 Å². The fourth-order valence-corrected chi connectivity index (χ4v) is 2.57. The van der Waals surface area contributed by atoms with Crippen LogP contribution in [-0.4, -0.2) is 34.3 Å². The second kappa shape index (κ2) is 5.76. The number of rotatable bonds is 4. The third-order valence-electron chi connectivity index (χ3n) is 3.83. The summed E-state index contributed by atoms with van der Waals surface area (Å²) in [6, 6.07) is 9.74. The van der Waals surface area contributed by atoms with E-state index in [0.29, 0.717) is 4.90 Å². The van der Waals surface area contributed by atoms with Crippen LogP contribution < -0.4 is 0 Å². The molecule has 0 fully saturated rings. The average Bonchev–Trinajstić information content (AvgIpc) is 2.80. The van der Waals surface area contributed by atoms with Crippen LogP contribution in [0.25, 0.3) is 0 Å². The van der Waals surface area contributed by atoms with E-state index in [0.717, 1.165) is 24.3 Å². The third kappa shape index (κ3) is 2.67. The van der Waals surface area contributed by atoms with E-state index in [-0.39, 0.29) is 16.7 Å². The number of benzene rings is 2. The molecule has 3 rings (SSSR count). The standard InChI is InChI=1S/C17H12F3NO3/c18-11-7-5-10(6-8-11)14(22)17(19,20)9-21-15(23)12-3-1-2-4-13(12)16(21)24/h1-8,14,22H,9H2. The minimum Gasteiger partial charge on any atom is -0.382 e. The molecule has 0 radical (unpaired) electrons. The second-order valence-electron chi connectivity index (χ2n) is 5.46. The van der Waals surface area contributed by atoms with Gasteiger partial charge in [-0.2, -0.15) is 0 Å². The Hall–Kier alpha value is -2.67. The van der Waals surface area contributed by atoms with Gasteiger partial charge in [-0.05, 0) is 29.8 Å². The summed E-state index contributed by atoms with van der Waals surface area (Å²) in [6.07, 6.45) is -2.28. The number of hydrogen-bond donors (Lipinski definition) is 1. The molecule has 0 saturated heterocycles. The minimum absolute atomic E-state index is 0.0505. The largest absolute Gasteiger partial charge is 0.382 e. The van der Waals surface area contributed by atoms with Crippen LogP contribution in [0.3, 0.4) is 0 Å². The molecule has 0 spiro atoms. The number of aliphatic hydroxyl groups excluding tert-OH is 1. The molecule has 1 unspecified atom stereocenters. The van der Waals surface area contributed by atoms with E-state index in [2.05, 4.69) is 0 Å². The van der Waals surface area contributed by atoms with Gasteiger partial charge < -0.3 is 5.11 Å². The highest BCUT2D eigenvalue weighted by atomic mass is 19.3. The van der Waals surface area contributed by atoms with E-state index in [1.54, 1.807) is 0 Å². The van der Waals surface area contributed by atoms with Crippen LogP contribution in [-0.2, 0) is 0 Å². The van der Waals surface area contributed by atoms with Crippen LogP contribution >= 0.6 is 0 Å². The lowest BCUT2D eigenvalue weighted by molar-refractivity contribution is -0.118. The molecule has 2 aromatic rings. The Bertz CT molecular complexity index is 770. The number of imide groups is 1. The first-order chi connectivity index (χ1) is 11.3. The average molecular weight is 335 g/mol. The predicted octanol–water partition coefficient (Wildman–Crippen LogP) is 2.79. The zero-order valence-electron chi connectivity index (χ0n) is 12.2. The van der Waals surface area contributed by atoms with Crippen LogP contribution in [0.15, 0.2) is 48.5 Å². The van der Waals surface area contributed by atoms with Crippen LogP contribution in [0.5, 0.6) is 0 Å². The Morgan fingerprint density at radius 3 is 1.96 bits per heavy atom. The van der Waals surface area contributed by atoms with Crippen molar-refractivity contribution in [1.82, 2.24) is 4.90 Å². The van der Waals surface area contributed by atoms with Crippen LogP contribution in [0.1, 0.15) is 32.4 Å². The van der Waals surface area contributed by atoms with E-state index in [9.17, 15) is 27.9 Å². The maximum Gasteiger partial charge on any atom is 0.295 e. The van der Waals surface area contributed by atoms with Crippen molar-refractivity contribution in [1.29, 1.82) is 0 Å². The Labute approximate surface area is 135 Å². The van der Waals surface area contributed by atoms with Crippen molar-refractivity contribution < 1.29 is 27.9 Å². The summed E-state index contributed by atoms with van der Waals surface area (Å²) in [5.74, 6) is -6.08. The topological polar surface area (TPSA) is 57.6 Å². The van der Waals surface area contributed by atoms with Gasteiger partial charge in [0.25, 0.3) is 17.7 Å². The molecule has 2 amide bonds. The molecule has 2 aromatic carbocycles. The van der Waals surface area contributed by atoms with Gasteiger partial charge in [0.15, 0.2) is 0 Å². The number of amides is 2. The maximum absolute atomic E-state index is 14.3. The van der Waals surface area contributed by atoms with Crippen LogP contribution in [0, 0.1) is 5.82 Å². The van der Waals surface area contributed by atoms with Gasteiger partial charge in [0, 0.05) is 0 Å². The van der Waals surface area contributed by atoms with Crippen molar-refractivity contribution in [2.75, 3.05) is 6.54 Å². The monoisotopic (exact) mass is 335 g/mol. The van der Waals surface area contributed by atoms with Gasteiger partial charge in [-0.1, -0.05) is 24.3 Å². The number of hydrogen-bond acceptors (Lipinski definition) is 3. The smallest absolute Gasteiger partial charge is 0.295 e. The molecule has 124 valence electrons. The van der Waals surface area contributed by atoms with E-state index >= 15 is 0 Å². The first kappa shape index (κ1) is 16.2. The molecule has 24 heavy (non-hydrogen) atoms. The molecule has 1 aliphatic rings. The molecule has 0 aromatic heterocycles. The number of aliphatic hydroxyl groups is 1. The Morgan fingerprint density at radius 1 is 0.958 bits per heavy atom. The Kier molecular flexibility index (Phi) is 3.88. The van der Waals surface area contributed by atoms with Gasteiger partial charge in [0.2, 0.25) is 0 Å². The minimum atomic E-state index is -3.79. The van der Waals surface area contributed by atoms with Gasteiger partial charge in [-0.15, -0.1) is 0 Å². The third-order valence-corrected chi connectivity index (χ3v) is 3.83. The van der Waals surface area contributed by atoms with Crippen LogP contribution in [0.4, 0.5) is 13.2 Å². The maximum atomic E-state index is 14.3. The normalized spacial score (nSPS) is 15.6. The molecule has 0 aliphatic carbocycles. The number of carbonyl (C=O) groups is 2. The summed E-state index contributed by atoms with van der Waals surface area (Å²) in [6.45, 7) is -1.27. The SMILES string of the molecule is O=C1c2ccccc2C(=O)N1CC(F)(F)C(O)c1ccc(F)cc1. The highest BCUT2D eigenvalue weighted by Crippen LogP contribution is 2.34. The van der Waals surface area contributed by atoms with Gasteiger partial charge in [-0.3, -0.25) is 14.5 Å². The summed E-state index contributed by atoms with van der Waals surface area (Å²) >= 11 is 0. The lowest BCUT2D eigenvalue weighted by Crippen LogP contribution is -2.43. The van der Waals surface area contributed by atoms with E-state index in [1.165, 1.54) is 24.3 Å². The number of nitrogens with zero attached hydrogens (tertiary/aromatic N) is 1. The van der Waals surface area contributed by atoms with E-state index in [4.69, 9.17) is 0 Å². The predicted molar refractivity (Wildman–Crippen MR) is 78.1 cm³/mol. The van der Waals surface area contributed by atoms with Crippen LogP contribution in [0.2, 0.25) is 0 Å². The van der Waals surface area contributed by atoms with Crippen molar-refractivity contribution in [3.05, 3.63) is 71.0 Å². The number of halogens is 3. The van der Waals surface area contributed by atoms with E-state index < -0.39 is 36.2 Å². The molecule has 7 heteroatoms. The molecule has 1 atom stereocenters. The zero-order chi connectivity index (χ0) is 17.5. The molecule has 4 nitrogen and oxygen atoms in total. The molecular formula is C17H12F3NO3. The summed E-state index contributed by atoms with van der Waals surface area (Å²) in [7, 11) is 0. The number of carbonyl (C=O) groups excluding carboxylic acids is 2. The quantitative estimate of drug-likeness (QED) is 0.874. The van der Waals surface area contributed by atoms with Gasteiger partial charge in [0.1, 0.15) is 11.9 Å². The lowest BCUT2D eigenvalue weighted by atomic mass is 10.0. The molecule has 0 bridgehead atoms. The molecule has 0 saturated carbocycles. The highest BCUT2D eigenvalue weighted by molar-refractivity contribution is 6.21. The van der Waals surface area contributed by atoms with E-state index in [1.807, 2.05) is 0 Å². The second-order valence-corrected chi connectivity index (χ2v) is 5.46. The van der Waals surface area contributed by atoms with Gasteiger partial charge >= 0.3 is 0 Å². The van der Waals surface area contributed by atoms with Crippen molar-refractivity contribution in [2.24, 2.45) is 0 Å². The highest BCUT2D eigenvalue weighted by Gasteiger charge is 2.46. The molecule has 1 N–H and O–H groups in total. The summed E-state index contributed by atoms with van der Waals surface area (Å²) in [5, 5.41) is 9.87. The summed E-state index contributed by atoms with van der Waals surface area (Å²) in [4.78, 5) is 24.7. The number of fused-ring (bicyclic) bond motifs is 1. The Morgan fingerprint density at radius 2 is 1.46 bits per heavy atom.